The summed E-state index contributed by atoms with van der Waals surface area (Å²) in [4.78, 5) is 0.449. The van der Waals surface area contributed by atoms with E-state index in [1.165, 1.54) is 6.26 Å². The molecule has 1 rings (SSSR count). The summed E-state index contributed by atoms with van der Waals surface area (Å²) in [6, 6.07) is 3.71. The van der Waals surface area contributed by atoms with Gasteiger partial charge >= 0.3 is 0 Å². The lowest BCUT2D eigenvalue weighted by Crippen LogP contribution is -2.02. The van der Waals surface area contributed by atoms with E-state index in [9.17, 15) is 8.42 Å². The minimum atomic E-state index is -3.08. The van der Waals surface area contributed by atoms with Gasteiger partial charge in [-0.15, -0.1) is 0 Å². The lowest BCUT2D eigenvalue weighted by molar-refractivity contribution is 0.601. The minimum Gasteiger partial charge on any atom is -0.224 e. The van der Waals surface area contributed by atoms with Crippen LogP contribution in [0.5, 0.6) is 0 Å². The van der Waals surface area contributed by atoms with Crippen molar-refractivity contribution in [2.75, 3.05) is 6.26 Å². The SMILES string of the molecule is Cc1cc(C)c(C)c(S(C)(=O)=O)c1. The van der Waals surface area contributed by atoms with Gasteiger partial charge in [-0.2, -0.15) is 0 Å². The summed E-state index contributed by atoms with van der Waals surface area (Å²) in [6.07, 6.45) is 1.24. The minimum absolute atomic E-state index is 0.449. The van der Waals surface area contributed by atoms with Crippen LogP contribution in [0.25, 0.3) is 0 Å². The summed E-state index contributed by atoms with van der Waals surface area (Å²) in [6.45, 7) is 5.67. The summed E-state index contributed by atoms with van der Waals surface area (Å²) in [7, 11) is -3.08. The van der Waals surface area contributed by atoms with Gasteiger partial charge in [0.05, 0.1) is 4.90 Å². The number of hydrogen-bond donors (Lipinski definition) is 0. The van der Waals surface area contributed by atoms with E-state index in [0.717, 1.165) is 16.7 Å². The third-order valence-corrected chi connectivity index (χ3v) is 3.39. The molecule has 1 aromatic carbocycles. The molecule has 72 valence electrons. The molecule has 0 atom stereocenters. The van der Waals surface area contributed by atoms with E-state index < -0.39 is 9.84 Å². The van der Waals surface area contributed by atoms with E-state index in [2.05, 4.69) is 0 Å². The van der Waals surface area contributed by atoms with Crippen molar-refractivity contribution >= 4 is 9.84 Å². The molecule has 0 spiro atoms. The Morgan fingerprint density at radius 3 is 2.08 bits per heavy atom. The molecule has 0 saturated carbocycles. The summed E-state index contributed by atoms with van der Waals surface area (Å²) in [5.41, 5.74) is 2.87. The van der Waals surface area contributed by atoms with E-state index in [-0.39, 0.29) is 0 Å². The summed E-state index contributed by atoms with van der Waals surface area (Å²) >= 11 is 0. The number of rotatable bonds is 1. The lowest BCUT2D eigenvalue weighted by atomic mass is 10.1. The van der Waals surface area contributed by atoms with Gasteiger partial charge in [-0.25, -0.2) is 8.42 Å². The van der Waals surface area contributed by atoms with Crippen molar-refractivity contribution in [3.05, 3.63) is 28.8 Å². The first-order valence-corrected chi connectivity index (χ1v) is 5.99. The molecule has 0 saturated heterocycles. The fraction of sp³-hybridized carbons (Fsp3) is 0.400. The molecular formula is C10H14O2S. The first-order chi connectivity index (χ1) is 5.82. The van der Waals surface area contributed by atoms with Crippen LogP contribution in [-0.2, 0) is 9.84 Å². The number of hydrogen-bond acceptors (Lipinski definition) is 2. The second-order valence-electron chi connectivity index (χ2n) is 3.48. The summed E-state index contributed by atoms with van der Waals surface area (Å²) in [5.74, 6) is 0. The quantitative estimate of drug-likeness (QED) is 0.691. The van der Waals surface area contributed by atoms with Gasteiger partial charge in [0, 0.05) is 6.26 Å². The Hall–Kier alpha value is -0.830. The van der Waals surface area contributed by atoms with E-state index in [1.54, 1.807) is 6.07 Å². The second-order valence-corrected chi connectivity index (χ2v) is 5.46. The van der Waals surface area contributed by atoms with Gasteiger partial charge in [-0.3, -0.25) is 0 Å². The highest BCUT2D eigenvalue weighted by atomic mass is 32.2. The molecule has 0 bridgehead atoms. The van der Waals surface area contributed by atoms with Crippen molar-refractivity contribution in [2.24, 2.45) is 0 Å². The van der Waals surface area contributed by atoms with Crippen LogP contribution in [0, 0.1) is 20.8 Å². The number of sulfone groups is 1. The Kier molecular flexibility index (Phi) is 2.48. The molecule has 0 aliphatic carbocycles. The van der Waals surface area contributed by atoms with Crippen molar-refractivity contribution in [1.29, 1.82) is 0 Å². The molecular weight excluding hydrogens is 184 g/mol. The van der Waals surface area contributed by atoms with Gasteiger partial charge < -0.3 is 0 Å². The maximum Gasteiger partial charge on any atom is 0.175 e. The largest absolute Gasteiger partial charge is 0.224 e. The average Bonchev–Trinajstić information content (AvgIpc) is 1.94. The standard InChI is InChI=1S/C10H14O2S/c1-7-5-8(2)9(3)10(6-7)13(4,11)12/h5-6H,1-4H3. The lowest BCUT2D eigenvalue weighted by Gasteiger charge is -2.08. The zero-order chi connectivity index (χ0) is 10.2. The van der Waals surface area contributed by atoms with Crippen LogP contribution >= 0.6 is 0 Å². The molecule has 2 nitrogen and oxygen atoms in total. The van der Waals surface area contributed by atoms with E-state index in [4.69, 9.17) is 0 Å². The fourth-order valence-corrected chi connectivity index (χ4v) is 2.50. The fourth-order valence-electron chi connectivity index (χ4n) is 1.39. The highest BCUT2D eigenvalue weighted by Crippen LogP contribution is 2.20. The van der Waals surface area contributed by atoms with Gasteiger partial charge in [0.1, 0.15) is 0 Å². The van der Waals surface area contributed by atoms with E-state index >= 15 is 0 Å². The Morgan fingerprint density at radius 2 is 1.62 bits per heavy atom. The van der Waals surface area contributed by atoms with Crippen LogP contribution in [0.4, 0.5) is 0 Å². The zero-order valence-electron chi connectivity index (χ0n) is 8.38. The Morgan fingerprint density at radius 1 is 1.08 bits per heavy atom. The zero-order valence-corrected chi connectivity index (χ0v) is 9.20. The Labute approximate surface area is 79.5 Å². The van der Waals surface area contributed by atoms with Crippen molar-refractivity contribution < 1.29 is 8.42 Å². The van der Waals surface area contributed by atoms with Gasteiger partial charge in [0.25, 0.3) is 0 Å². The first kappa shape index (κ1) is 10.3. The topological polar surface area (TPSA) is 34.1 Å². The van der Waals surface area contributed by atoms with Crippen molar-refractivity contribution in [1.82, 2.24) is 0 Å². The van der Waals surface area contributed by atoms with Gasteiger partial charge in [0.2, 0.25) is 0 Å². The smallest absolute Gasteiger partial charge is 0.175 e. The molecule has 0 N–H and O–H groups in total. The van der Waals surface area contributed by atoms with Crippen LogP contribution in [0.15, 0.2) is 17.0 Å². The molecule has 0 aliphatic rings. The van der Waals surface area contributed by atoms with Crippen LogP contribution in [0.1, 0.15) is 16.7 Å². The predicted octanol–water partition coefficient (Wildman–Crippen LogP) is 2.02. The Balaban J connectivity index is 3.56. The van der Waals surface area contributed by atoms with Crippen LogP contribution < -0.4 is 0 Å². The average molecular weight is 198 g/mol. The molecule has 0 radical (unpaired) electrons. The van der Waals surface area contributed by atoms with E-state index in [0.29, 0.717) is 4.90 Å². The molecule has 0 amide bonds. The van der Waals surface area contributed by atoms with Gasteiger partial charge in [0.15, 0.2) is 9.84 Å². The number of aryl methyl sites for hydroxylation is 2. The number of benzene rings is 1. The summed E-state index contributed by atoms with van der Waals surface area (Å²) in [5, 5.41) is 0. The molecule has 0 aliphatic heterocycles. The van der Waals surface area contributed by atoms with Crippen molar-refractivity contribution in [2.45, 2.75) is 25.7 Å². The molecule has 0 heterocycles. The molecule has 0 aromatic heterocycles. The predicted molar refractivity (Wildman–Crippen MR) is 53.8 cm³/mol. The van der Waals surface area contributed by atoms with Crippen LogP contribution in [0.3, 0.4) is 0 Å². The van der Waals surface area contributed by atoms with Crippen LogP contribution in [-0.4, -0.2) is 14.7 Å². The summed E-state index contributed by atoms with van der Waals surface area (Å²) < 4.78 is 22.7. The molecule has 1 aromatic rings. The molecule has 0 unspecified atom stereocenters. The maximum absolute atomic E-state index is 11.4. The highest BCUT2D eigenvalue weighted by Gasteiger charge is 2.12. The maximum atomic E-state index is 11.4. The molecule has 3 heteroatoms. The second kappa shape index (κ2) is 3.14. The monoisotopic (exact) mass is 198 g/mol. The van der Waals surface area contributed by atoms with E-state index in [1.807, 2.05) is 26.8 Å². The molecule has 0 fully saturated rings. The highest BCUT2D eigenvalue weighted by molar-refractivity contribution is 7.90. The third kappa shape index (κ3) is 2.10. The first-order valence-electron chi connectivity index (χ1n) is 4.10. The van der Waals surface area contributed by atoms with Crippen LogP contribution in [0.2, 0.25) is 0 Å². The molecule has 13 heavy (non-hydrogen) atoms. The third-order valence-electron chi connectivity index (χ3n) is 2.16. The Bertz CT molecular complexity index is 430. The van der Waals surface area contributed by atoms with Gasteiger partial charge in [-0.05, 0) is 43.5 Å². The van der Waals surface area contributed by atoms with Gasteiger partial charge in [-0.1, -0.05) is 6.07 Å². The van der Waals surface area contributed by atoms with Crippen molar-refractivity contribution in [3.8, 4) is 0 Å². The normalized spacial score (nSPS) is 11.7. The van der Waals surface area contributed by atoms with Crippen molar-refractivity contribution in [3.63, 3.8) is 0 Å².